The standard InChI is InChI=1S/C11H24N2O/c1-10-8-11(4-5-12-10)9-13(2)6-7-14-3/h10-12H,4-9H2,1-3H3. The minimum Gasteiger partial charge on any atom is -0.383 e. The highest BCUT2D eigenvalue weighted by atomic mass is 16.5. The van der Waals surface area contributed by atoms with Crippen molar-refractivity contribution >= 4 is 0 Å². The van der Waals surface area contributed by atoms with Crippen LogP contribution in [-0.2, 0) is 4.74 Å². The fraction of sp³-hybridized carbons (Fsp3) is 1.00. The molecule has 0 spiro atoms. The molecule has 0 saturated carbocycles. The van der Waals surface area contributed by atoms with Gasteiger partial charge < -0.3 is 15.0 Å². The van der Waals surface area contributed by atoms with E-state index in [9.17, 15) is 0 Å². The van der Waals surface area contributed by atoms with E-state index >= 15 is 0 Å². The van der Waals surface area contributed by atoms with Crippen molar-refractivity contribution in [2.24, 2.45) is 5.92 Å². The van der Waals surface area contributed by atoms with Gasteiger partial charge in [-0.05, 0) is 39.3 Å². The molecule has 0 radical (unpaired) electrons. The van der Waals surface area contributed by atoms with E-state index in [0.29, 0.717) is 6.04 Å². The number of ether oxygens (including phenoxy) is 1. The average molecular weight is 200 g/mol. The molecule has 0 amide bonds. The van der Waals surface area contributed by atoms with Gasteiger partial charge in [0, 0.05) is 26.2 Å². The van der Waals surface area contributed by atoms with Gasteiger partial charge in [0.05, 0.1) is 6.61 Å². The summed E-state index contributed by atoms with van der Waals surface area (Å²) in [5, 5.41) is 3.49. The fourth-order valence-corrected chi connectivity index (χ4v) is 2.18. The Hall–Kier alpha value is -0.120. The Kier molecular flexibility index (Phi) is 5.45. The van der Waals surface area contributed by atoms with E-state index in [4.69, 9.17) is 4.74 Å². The van der Waals surface area contributed by atoms with Crippen molar-refractivity contribution < 1.29 is 4.74 Å². The highest BCUT2D eigenvalue weighted by Gasteiger charge is 2.19. The molecule has 0 bridgehead atoms. The van der Waals surface area contributed by atoms with Crippen molar-refractivity contribution in [2.75, 3.05) is 40.4 Å². The van der Waals surface area contributed by atoms with Crippen LogP contribution in [0, 0.1) is 5.92 Å². The molecule has 1 saturated heterocycles. The molecule has 0 aromatic heterocycles. The highest BCUT2D eigenvalue weighted by Crippen LogP contribution is 2.16. The maximum Gasteiger partial charge on any atom is 0.0589 e. The molecular formula is C11H24N2O. The maximum absolute atomic E-state index is 5.07. The van der Waals surface area contributed by atoms with E-state index in [1.165, 1.54) is 25.9 Å². The van der Waals surface area contributed by atoms with Crippen molar-refractivity contribution in [1.82, 2.24) is 10.2 Å². The maximum atomic E-state index is 5.07. The average Bonchev–Trinajstić information content (AvgIpc) is 2.15. The Morgan fingerprint density at radius 2 is 2.29 bits per heavy atom. The largest absolute Gasteiger partial charge is 0.383 e. The first-order valence-corrected chi connectivity index (χ1v) is 5.63. The van der Waals surface area contributed by atoms with Gasteiger partial charge in [0.2, 0.25) is 0 Å². The van der Waals surface area contributed by atoms with Crippen molar-refractivity contribution in [3.8, 4) is 0 Å². The molecule has 1 heterocycles. The summed E-state index contributed by atoms with van der Waals surface area (Å²) in [4.78, 5) is 2.38. The first kappa shape index (κ1) is 12.0. The third-order valence-electron chi connectivity index (χ3n) is 2.98. The van der Waals surface area contributed by atoms with Crippen molar-refractivity contribution in [1.29, 1.82) is 0 Å². The molecule has 2 unspecified atom stereocenters. The van der Waals surface area contributed by atoms with E-state index in [2.05, 4.69) is 24.2 Å². The molecule has 1 aliphatic heterocycles. The summed E-state index contributed by atoms with van der Waals surface area (Å²) in [6.45, 7) is 6.58. The normalized spacial score (nSPS) is 28.3. The number of nitrogens with one attached hydrogen (secondary N) is 1. The van der Waals surface area contributed by atoms with Crippen molar-refractivity contribution in [3.05, 3.63) is 0 Å². The molecule has 0 aromatic carbocycles. The molecule has 1 rings (SSSR count). The Balaban J connectivity index is 2.15. The van der Waals surface area contributed by atoms with Gasteiger partial charge >= 0.3 is 0 Å². The van der Waals surface area contributed by atoms with Crippen LogP contribution in [0.15, 0.2) is 0 Å². The zero-order chi connectivity index (χ0) is 10.4. The lowest BCUT2D eigenvalue weighted by atomic mass is 9.93. The zero-order valence-electron chi connectivity index (χ0n) is 9.75. The Morgan fingerprint density at radius 3 is 2.93 bits per heavy atom. The second kappa shape index (κ2) is 6.38. The molecule has 0 aliphatic carbocycles. The summed E-state index contributed by atoms with van der Waals surface area (Å²) >= 11 is 0. The van der Waals surface area contributed by atoms with Gasteiger partial charge in [-0.15, -0.1) is 0 Å². The van der Waals surface area contributed by atoms with E-state index in [1.807, 2.05) is 0 Å². The lowest BCUT2D eigenvalue weighted by molar-refractivity contribution is 0.143. The summed E-state index contributed by atoms with van der Waals surface area (Å²) in [5.41, 5.74) is 0. The number of rotatable bonds is 5. The first-order chi connectivity index (χ1) is 6.72. The highest BCUT2D eigenvalue weighted by molar-refractivity contribution is 4.76. The van der Waals surface area contributed by atoms with Crippen LogP contribution in [0.2, 0.25) is 0 Å². The molecule has 0 aromatic rings. The number of hydrogen-bond donors (Lipinski definition) is 1. The minimum absolute atomic E-state index is 0.699. The summed E-state index contributed by atoms with van der Waals surface area (Å²) in [7, 11) is 3.95. The number of hydrogen-bond acceptors (Lipinski definition) is 3. The molecule has 3 heteroatoms. The summed E-state index contributed by atoms with van der Waals surface area (Å²) < 4.78 is 5.07. The lowest BCUT2D eigenvalue weighted by Crippen LogP contribution is -2.40. The van der Waals surface area contributed by atoms with E-state index in [0.717, 1.165) is 19.1 Å². The van der Waals surface area contributed by atoms with Gasteiger partial charge in [0.25, 0.3) is 0 Å². The second-order valence-corrected chi connectivity index (χ2v) is 4.50. The molecule has 2 atom stereocenters. The predicted molar refractivity (Wildman–Crippen MR) is 59.6 cm³/mol. The number of nitrogens with zero attached hydrogens (tertiary/aromatic N) is 1. The monoisotopic (exact) mass is 200 g/mol. The summed E-state index contributed by atoms with van der Waals surface area (Å²) in [6.07, 6.45) is 2.64. The van der Waals surface area contributed by atoms with Gasteiger partial charge in [-0.1, -0.05) is 0 Å². The minimum atomic E-state index is 0.699. The van der Waals surface area contributed by atoms with E-state index in [1.54, 1.807) is 7.11 Å². The summed E-state index contributed by atoms with van der Waals surface area (Å²) in [5.74, 6) is 0.869. The quantitative estimate of drug-likeness (QED) is 0.715. The number of methoxy groups -OCH3 is 1. The molecule has 84 valence electrons. The molecule has 3 nitrogen and oxygen atoms in total. The summed E-state index contributed by atoms with van der Waals surface area (Å²) in [6, 6.07) is 0.699. The molecule has 1 aliphatic rings. The third kappa shape index (κ3) is 4.40. The SMILES string of the molecule is COCCN(C)CC1CCNC(C)C1. The van der Waals surface area contributed by atoms with Gasteiger partial charge in [0.15, 0.2) is 0 Å². The zero-order valence-corrected chi connectivity index (χ0v) is 9.75. The smallest absolute Gasteiger partial charge is 0.0589 e. The first-order valence-electron chi connectivity index (χ1n) is 5.63. The van der Waals surface area contributed by atoms with Gasteiger partial charge in [-0.2, -0.15) is 0 Å². The van der Waals surface area contributed by atoms with Crippen LogP contribution < -0.4 is 5.32 Å². The third-order valence-corrected chi connectivity index (χ3v) is 2.98. The molecular weight excluding hydrogens is 176 g/mol. The Bertz CT molecular complexity index is 152. The van der Waals surface area contributed by atoms with Crippen molar-refractivity contribution in [3.63, 3.8) is 0 Å². The van der Waals surface area contributed by atoms with Gasteiger partial charge in [-0.25, -0.2) is 0 Å². The van der Waals surface area contributed by atoms with Gasteiger partial charge in [-0.3, -0.25) is 0 Å². The van der Waals surface area contributed by atoms with Gasteiger partial charge in [0.1, 0.15) is 0 Å². The van der Waals surface area contributed by atoms with E-state index < -0.39 is 0 Å². The Morgan fingerprint density at radius 1 is 1.50 bits per heavy atom. The van der Waals surface area contributed by atoms with Crippen LogP contribution in [0.5, 0.6) is 0 Å². The lowest BCUT2D eigenvalue weighted by Gasteiger charge is -2.31. The van der Waals surface area contributed by atoms with Crippen LogP contribution in [0.25, 0.3) is 0 Å². The Labute approximate surface area is 87.8 Å². The fourth-order valence-electron chi connectivity index (χ4n) is 2.18. The van der Waals surface area contributed by atoms with Crippen LogP contribution >= 0.6 is 0 Å². The van der Waals surface area contributed by atoms with Crippen LogP contribution in [0.4, 0.5) is 0 Å². The second-order valence-electron chi connectivity index (χ2n) is 4.50. The number of piperidine rings is 1. The van der Waals surface area contributed by atoms with Crippen LogP contribution in [0.1, 0.15) is 19.8 Å². The predicted octanol–water partition coefficient (Wildman–Crippen LogP) is 0.953. The molecule has 1 fully saturated rings. The molecule has 14 heavy (non-hydrogen) atoms. The topological polar surface area (TPSA) is 24.5 Å². The van der Waals surface area contributed by atoms with Crippen LogP contribution in [0.3, 0.4) is 0 Å². The van der Waals surface area contributed by atoms with Crippen molar-refractivity contribution in [2.45, 2.75) is 25.8 Å². The van der Waals surface area contributed by atoms with Crippen LogP contribution in [-0.4, -0.2) is 51.3 Å². The number of likely N-dealkylation sites (N-methyl/N-ethyl adjacent to an activating group) is 1. The van der Waals surface area contributed by atoms with E-state index in [-0.39, 0.29) is 0 Å². The molecule has 1 N–H and O–H groups in total.